The fraction of sp³-hybridized carbons (Fsp3) is 0.211. The molecule has 12 heteroatoms. The molecule has 1 aromatic carbocycles. The van der Waals surface area contributed by atoms with E-state index in [2.05, 4.69) is 35.3 Å². The average molecular weight is 443 g/mol. The Labute approximate surface area is 178 Å². The summed E-state index contributed by atoms with van der Waals surface area (Å²) < 4.78 is 15.2. The Balaban J connectivity index is 1.59. The van der Waals surface area contributed by atoms with Crippen molar-refractivity contribution in [3.63, 3.8) is 0 Å². The summed E-state index contributed by atoms with van der Waals surface area (Å²) in [5.74, 6) is -0.538. The Hall–Kier alpha value is -3.73. The van der Waals surface area contributed by atoms with Crippen LogP contribution in [0.2, 0.25) is 5.02 Å². The molecule has 3 aromatic heterocycles. The smallest absolute Gasteiger partial charge is 0.326 e. The Morgan fingerprint density at radius 1 is 1.35 bits per heavy atom. The Morgan fingerprint density at radius 3 is 2.94 bits per heavy atom. The number of fused-ring (bicyclic) bond motifs is 1. The average Bonchev–Trinajstić information content (AvgIpc) is 3.37. The van der Waals surface area contributed by atoms with E-state index in [1.807, 2.05) is 0 Å². The molecule has 5 rings (SSSR count). The largest absolute Gasteiger partial charge is 0.493 e. The number of aromatic amines is 2. The molecule has 0 atom stereocenters. The van der Waals surface area contributed by atoms with Crippen LogP contribution in [0, 0.1) is 5.82 Å². The molecule has 1 aliphatic carbocycles. The van der Waals surface area contributed by atoms with Crippen molar-refractivity contribution < 1.29 is 9.50 Å². The third kappa shape index (κ3) is 3.87. The normalized spacial score (nSPS) is 15.2. The van der Waals surface area contributed by atoms with Gasteiger partial charge in [-0.25, -0.2) is 14.2 Å². The fourth-order valence-corrected chi connectivity index (χ4v) is 3.21. The van der Waals surface area contributed by atoms with Crippen LogP contribution in [0.15, 0.2) is 34.2 Å². The molecule has 1 saturated carbocycles. The number of H-pyrrole nitrogens is 2. The number of hydrogen-bond donors (Lipinski definition) is 4. The van der Waals surface area contributed by atoms with Gasteiger partial charge in [0.15, 0.2) is 5.65 Å². The van der Waals surface area contributed by atoms with Crippen LogP contribution in [0.5, 0.6) is 5.88 Å². The Morgan fingerprint density at radius 2 is 2.19 bits per heavy atom. The van der Waals surface area contributed by atoms with Gasteiger partial charge in [-0.1, -0.05) is 23.7 Å². The van der Waals surface area contributed by atoms with E-state index in [0.29, 0.717) is 22.0 Å². The number of rotatable bonds is 5. The first-order chi connectivity index (χ1) is 15.0. The molecular formula is C19H16ClFN8O2. The number of aromatic hydroxyl groups is 1. The van der Waals surface area contributed by atoms with Crippen LogP contribution in [0.4, 0.5) is 10.3 Å². The number of nitrogens with zero attached hydrogens (tertiary/aromatic N) is 5. The fourth-order valence-electron chi connectivity index (χ4n) is 3.02. The summed E-state index contributed by atoms with van der Waals surface area (Å²) in [5, 5.41) is 17.8. The van der Waals surface area contributed by atoms with Crippen LogP contribution >= 0.6 is 11.6 Å². The molecule has 4 N–H and O–H groups in total. The molecule has 4 aromatic rings. The SMILES string of the molecule is O=c1[nH]c(O)c(/C=c2\cnn3c(=NC4CC4)nc(NCc4cccc(F)c4Cl)nc23)[nH]1. The van der Waals surface area contributed by atoms with Gasteiger partial charge in [0.05, 0.1) is 17.3 Å². The van der Waals surface area contributed by atoms with Crippen molar-refractivity contribution >= 4 is 29.3 Å². The van der Waals surface area contributed by atoms with Crippen molar-refractivity contribution in [2.24, 2.45) is 4.99 Å². The second kappa shape index (κ2) is 7.51. The number of aromatic nitrogens is 6. The lowest BCUT2D eigenvalue weighted by Gasteiger charge is -2.07. The van der Waals surface area contributed by atoms with Gasteiger partial charge < -0.3 is 15.4 Å². The van der Waals surface area contributed by atoms with Gasteiger partial charge in [0.25, 0.3) is 5.62 Å². The lowest BCUT2D eigenvalue weighted by Crippen LogP contribution is -2.24. The number of nitrogens with one attached hydrogen (secondary N) is 3. The first kappa shape index (κ1) is 19.2. The lowest BCUT2D eigenvalue weighted by atomic mass is 10.2. The highest BCUT2D eigenvalue weighted by Crippen LogP contribution is 2.22. The highest BCUT2D eigenvalue weighted by Gasteiger charge is 2.21. The second-order valence-corrected chi connectivity index (χ2v) is 7.47. The molecule has 0 radical (unpaired) electrons. The molecule has 31 heavy (non-hydrogen) atoms. The summed E-state index contributed by atoms with van der Waals surface area (Å²) in [6.07, 6.45) is 5.03. The van der Waals surface area contributed by atoms with Crippen LogP contribution in [-0.2, 0) is 6.54 Å². The Kier molecular flexibility index (Phi) is 4.66. The van der Waals surface area contributed by atoms with Crippen molar-refractivity contribution in [1.82, 2.24) is 29.5 Å². The van der Waals surface area contributed by atoms with Gasteiger partial charge in [-0.2, -0.15) is 19.6 Å². The summed E-state index contributed by atoms with van der Waals surface area (Å²) in [4.78, 5) is 29.7. The molecule has 10 nitrogen and oxygen atoms in total. The van der Waals surface area contributed by atoms with Crippen LogP contribution in [0.3, 0.4) is 0 Å². The topological polar surface area (TPSA) is 136 Å². The van der Waals surface area contributed by atoms with Crippen molar-refractivity contribution in [3.8, 4) is 5.88 Å². The predicted molar refractivity (Wildman–Crippen MR) is 110 cm³/mol. The summed E-state index contributed by atoms with van der Waals surface area (Å²) >= 11 is 6.03. The van der Waals surface area contributed by atoms with Gasteiger partial charge in [0, 0.05) is 11.8 Å². The molecule has 0 aliphatic heterocycles. The maximum absolute atomic E-state index is 13.7. The molecular weight excluding hydrogens is 427 g/mol. The predicted octanol–water partition coefficient (Wildman–Crippen LogP) is 0.862. The third-order valence-corrected chi connectivity index (χ3v) is 5.15. The monoisotopic (exact) mass is 442 g/mol. The summed E-state index contributed by atoms with van der Waals surface area (Å²) in [6, 6.07) is 4.75. The van der Waals surface area contributed by atoms with E-state index in [4.69, 9.17) is 11.6 Å². The quantitative estimate of drug-likeness (QED) is 0.362. The Bertz CT molecular complexity index is 1470. The van der Waals surface area contributed by atoms with E-state index in [-0.39, 0.29) is 35.1 Å². The summed E-state index contributed by atoms with van der Waals surface area (Å²) in [5.41, 5.74) is 1.00. The van der Waals surface area contributed by atoms with Gasteiger partial charge in [0.2, 0.25) is 11.8 Å². The van der Waals surface area contributed by atoms with Crippen LogP contribution < -0.4 is 21.8 Å². The van der Waals surface area contributed by atoms with E-state index in [9.17, 15) is 14.3 Å². The van der Waals surface area contributed by atoms with E-state index >= 15 is 0 Å². The molecule has 0 saturated heterocycles. The number of anilines is 1. The zero-order valence-electron chi connectivity index (χ0n) is 15.9. The maximum atomic E-state index is 13.7. The molecule has 0 unspecified atom stereocenters. The molecule has 158 valence electrons. The summed E-state index contributed by atoms with van der Waals surface area (Å²) in [6.45, 7) is 0.203. The highest BCUT2D eigenvalue weighted by molar-refractivity contribution is 6.31. The van der Waals surface area contributed by atoms with Crippen molar-refractivity contribution in [2.45, 2.75) is 25.4 Å². The van der Waals surface area contributed by atoms with Gasteiger partial charge in [-0.05, 0) is 30.5 Å². The minimum Gasteiger partial charge on any atom is -0.493 e. The van der Waals surface area contributed by atoms with E-state index in [1.54, 1.807) is 12.1 Å². The second-order valence-electron chi connectivity index (χ2n) is 7.10. The minimum atomic E-state index is -0.534. The lowest BCUT2D eigenvalue weighted by molar-refractivity contribution is 0.454. The van der Waals surface area contributed by atoms with Crippen molar-refractivity contribution in [1.29, 1.82) is 0 Å². The molecule has 1 aliphatic rings. The van der Waals surface area contributed by atoms with Gasteiger partial charge in [0.1, 0.15) is 11.5 Å². The molecule has 0 amide bonds. The first-order valence-electron chi connectivity index (χ1n) is 9.47. The van der Waals surface area contributed by atoms with Crippen LogP contribution in [0.1, 0.15) is 24.1 Å². The third-order valence-electron chi connectivity index (χ3n) is 4.73. The standard InChI is InChI=1S/C19H16ClFN8O2/c20-14-9(2-1-3-12(14)21)7-22-17-26-15-10(6-13-16(30)27-19(31)25-13)8-23-29(15)18(28-17)24-11-4-5-11/h1-3,6,8,11,30H,4-5,7H2,(H,22,24,28)(H2,25,27,31)/b10-6+. The molecule has 0 spiro atoms. The zero-order valence-corrected chi connectivity index (χ0v) is 16.7. The van der Waals surface area contributed by atoms with Crippen LogP contribution in [0.25, 0.3) is 11.7 Å². The highest BCUT2D eigenvalue weighted by atomic mass is 35.5. The van der Waals surface area contributed by atoms with Crippen LogP contribution in [-0.4, -0.2) is 40.7 Å². The number of benzene rings is 1. The zero-order chi connectivity index (χ0) is 21.5. The number of halogens is 2. The summed E-state index contributed by atoms with van der Waals surface area (Å²) in [7, 11) is 0. The van der Waals surface area contributed by atoms with E-state index < -0.39 is 11.5 Å². The van der Waals surface area contributed by atoms with E-state index in [1.165, 1.54) is 22.9 Å². The van der Waals surface area contributed by atoms with Crippen molar-refractivity contribution in [3.05, 3.63) is 67.8 Å². The number of imidazole rings is 1. The minimum absolute atomic E-state index is 0.0317. The van der Waals surface area contributed by atoms with Gasteiger partial charge >= 0.3 is 5.69 Å². The molecule has 1 fully saturated rings. The van der Waals surface area contributed by atoms with Gasteiger partial charge in [-0.3, -0.25) is 4.98 Å². The van der Waals surface area contributed by atoms with E-state index in [0.717, 1.165) is 12.8 Å². The maximum Gasteiger partial charge on any atom is 0.326 e. The first-order valence-corrected chi connectivity index (χ1v) is 9.85. The van der Waals surface area contributed by atoms with Crippen molar-refractivity contribution in [2.75, 3.05) is 5.32 Å². The molecule has 0 bridgehead atoms. The number of hydrogen-bond acceptors (Lipinski definition) is 7. The molecule has 3 heterocycles. The van der Waals surface area contributed by atoms with Gasteiger partial charge in [-0.15, -0.1) is 0 Å².